The molecule has 0 spiro atoms. The molecule has 168 valence electrons. The second-order valence-corrected chi connectivity index (χ2v) is 7.67. The topological polar surface area (TPSA) is 82.6 Å². The number of nitrogens with zero attached hydrogens (tertiary/aromatic N) is 4. The van der Waals surface area contributed by atoms with E-state index in [2.05, 4.69) is 11.1 Å². The first-order valence-corrected chi connectivity index (χ1v) is 10.6. The number of amides is 1. The third kappa shape index (κ3) is 5.57. The van der Waals surface area contributed by atoms with E-state index in [1.54, 1.807) is 11.0 Å². The number of piperazine rings is 1. The Balaban J connectivity index is 1.34. The maximum Gasteiger partial charge on any atom is 0.260 e. The van der Waals surface area contributed by atoms with Gasteiger partial charge in [-0.1, -0.05) is 29.8 Å². The molecule has 0 saturated carbocycles. The van der Waals surface area contributed by atoms with Crippen LogP contribution in [-0.2, 0) is 4.79 Å². The Morgan fingerprint density at radius 2 is 1.82 bits per heavy atom. The molecule has 0 unspecified atom stereocenters. The largest absolute Gasteiger partial charge is 0.484 e. The van der Waals surface area contributed by atoms with Gasteiger partial charge in [0.15, 0.2) is 6.61 Å². The highest BCUT2D eigenvalue weighted by atomic mass is 19.1. The lowest BCUT2D eigenvalue weighted by atomic mass is 10.1. The smallest absolute Gasteiger partial charge is 0.260 e. The lowest BCUT2D eigenvalue weighted by molar-refractivity contribution is -0.133. The number of carbonyl (C=O) groups is 1. The van der Waals surface area contributed by atoms with Crippen molar-refractivity contribution in [3.63, 3.8) is 0 Å². The van der Waals surface area contributed by atoms with Gasteiger partial charge >= 0.3 is 0 Å². The molecule has 3 aromatic rings. The molecule has 0 atom stereocenters. The highest BCUT2D eigenvalue weighted by molar-refractivity contribution is 5.78. The third-order valence-electron chi connectivity index (χ3n) is 5.32. The first-order chi connectivity index (χ1) is 16.0. The van der Waals surface area contributed by atoms with E-state index in [4.69, 9.17) is 9.15 Å². The zero-order valence-electron chi connectivity index (χ0n) is 18.2. The number of anilines is 1. The standard InChI is InChI=1S/C25H23FN4O3/c1-18-2-4-19(5-3-18)6-11-23-28-22(16-27)25(33-23)30-14-12-29(13-15-30)24(31)17-32-21-9-7-20(26)8-10-21/h2-11H,12-15,17H2,1H3/b11-6+. The molecule has 0 aliphatic carbocycles. The molecule has 1 aromatic heterocycles. The monoisotopic (exact) mass is 446 g/mol. The molecule has 1 aliphatic heterocycles. The summed E-state index contributed by atoms with van der Waals surface area (Å²) in [6.45, 7) is 3.85. The lowest BCUT2D eigenvalue weighted by Gasteiger charge is -2.34. The van der Waals surface area contributed by atoms with E-state index in [-0.39, 0.29) is 24.0 Å². The summed E-state index contributed by atoms with van der Waals surface area (Å²) in [5.74, 6) is 0.695. The van der Waals surface area contributed by atoms with Gasteiger partial charge in [0.25, 0.3) is 5.91 Å². The number of benzene rings is 2. The molecule has 2 heterocycles. The highest BCUT2D eigenvalue weighted by Gasteiger charge is 2.26. The molecule has 1 aliphatic rings. The molecule has 1 saturated heterocycles. The number of rotatable bonds is 6. The van der Waals surface area contributed by atoms with E-state index >= 15 is 0 Å². The summed E-state index contributed by atoms with van der Waals surface area (Å²) in [6, 6.07) is 15.7. The molecule has 8 heteroatoms. The van der Waals surface area contributed by atoms with Gasteiger partial charge in [-0.15, -0.1) is 0 Å². The molecule has 4 rings (SSSR count). The molecule has 33 heavy (non-hydrogen) atoms. The van der Waals surface area contributed by atoms with E-state index in [1.807, 2.05) is 42.2 Å². The van der Waals surface area contributed by atoms with Crippen molar-refractivity contribution in [3.8, 4) is 11.8 Å². The van der Waals surface area contributed by atoms with Crippen LogP contribution in [0.3, 0.4) is 0 Å². The number of hydrogen-bond acceptors (Lipinski definition) is 6. The number of aryl methyl sites for hydroxylation is 1. The van der Waals surface area contributed by atoms with Crippen LogP contribution in [0.2, 0.25) is 0 Å². The quantitative estimate of drug-likeness (QED) is 0.571. The fourth-order valence-corrected chi connectivity index (χ4v) is 3.46. The van der Waals surface area contributed by atoms with Crippen molar-refractivity contribution in [2.24, 2.45) is 0 Å². The zero-order valence-corrected chi connectivity index (χ0v) is 18.2. The van der Waals surface area contributed by atoms with E-state index in [0.29, 0.717) is 43.7 Å². The molecular formula is C25H23FN4O3. The second kappa shape index (κ2) is 10.0. The number of halogens is 1. The molecule has 0 bridgehead atoms. The van der Waals surface area contributed by atoms with Crippen molar-refractivity contribution < 1.29 is 18.3 Å². The van der Waals surface area contributed by atoms with Crippen LogP contribution in [0.15, 0.2) is 52.9 Å². The van der Waals surface area contributed by atoms with Crippen LogP contribution in [0.25, 0.3) is 12.2 Å². The van der Waals surface area contributed by atoms with Crippen molar-refractivity contribution >= 4 is 23.9 Å². The van der Waals surface area contributed by atoms with Gasteiger partial charge in [0, 0.05) is 32.3 Å². The lowest BCUT2D eigenvalue weighted by Crippen LogP contribution is -2.50. The SMILES string of the molecule is Cc1ccc(/C=C/c2nc(C#N)c(N3CCN(C(=O)COc4ccc(F)cc4)CC3)o2)cc1. The fraction of sp³-hybridized carbons (Fsp3) is 0.240. The first kappa shape index (κ1) is 22.1. The van der Waals surface area contributed by atoms with Crippen LogP contribution in [0.4, 0.5) is 10.3 Å². The maximum atomic E-state index is 13.0. The van der Waals surface area contributed by atoms with Crippen molar-refractivity contribution in [1.29, 1.82) is 5.26 Å². The Bertz CT molecular complexity index is 1170. The van der Waals surface area contributed by atoms with Crippen molar-refractivity contribution in [2.45, 2.75) is 6.92 Å². The summed E-state index contributed by atoms with van der Waals surface area (Å²) in [5, 5.41) is 9.49. The summed E-state index contributed by atoms with van der Waals surface area (Å²) in [7, 11) is 0. The average Bonchev–Trinajstić information content (AvgIpc) is 3.26. The van der Waals surface area contributed by atoms with E-state index in [0.717, 1.165) is 5.56 Å². The number of aromatic nitrogens is 1. The van der Waals surface area contributed by atoms with Crippen LogP contribution in [0, 0.1) is 24.1 Å². The number of hydrogen-bond donors (Lipinski definition) is 0. The van der Waals surface area contributed by atoms with Gasteiger partial charge in [0.2, 0.25) is 17.5 Å². The molecule has 1 fully saturated rings. The van der Waals surface area contributed by atoms with Crippen molar-refractivity contribution in [2.75, 3.05) is 37.7 Å². The van der Waals surface area contributed by atoms with E-state index < -0.39 is 0 Å². The normalized spacial score (nSPS) is 13.8. The van der Waals surface area contributed by atoms with Crippen LogP contribution in [0.5, 0.6) is 5.75 Å². The van der Waals surface area contributed by atoms with Gasteiger partial charge in [0.05, 0.1) is 0 Å². The average molecular weight is 446 g/mol. The maximum absolute atomic E-state index is 13.0. The van der Waals surface area contributed by atoms with E-state index in [9.17, 15) is 14.4 Å². The fourth-order valence-electron chi connectivity index (χ4n) is 3.46. The van der Waals surface area contributed by atoms with Gasteiger partial charge in [-0.2, -0.15) is 10.2 Å². The summed E-state index contributed by atoms with van der Waals surface area (Å²) in [4.78, 5) is 20.3. The molecule has 0 N–H and O–H groups in total. The van der Waals surface area contributed by atoms with Gasteiger partial charge in [-0.05, 0) is 42.8 Å². The number of ether oxygens (including phenoxy) is 1. The molecule has 0 radical (unpaired) electrons. The minimum atomic E-state index is -0.359. The number of nitriles is 1. The summed E-state index contributed by atoms with van der Waals surface area (Å²) < 4.78 is 24.3. The van der Waals surface area contributed by atoms with Gasteiger partial charge in [-0.25, -0.2) is 4.39 Å². The number of oxazole rings is 1. The first-order valence-electron chi connectivity index (χ1n) is 10.6. The highest BCUT2D eigenvalue weighted by Crippen LogP contribution is 2.24. The minimum absolute atomic E-state index is 0.120. The third-order valence-corrected chi connectivity index (χ3v) is 5.32. The van der Waals surface area contributed by atoms with Gasteiger partial charge < -0.3 is 19.0 Å². The van der Waals surface area contributed by atoms with Crippen molar-refractivity contribution in [1.82, 2.24) is 9.88 Å². The van der Waals surface area contributed by atoms with Crippen LogP contribution in [0.1, 0.15) is 22.7 Å². The van der Waals surface area contributed by atoms with Crippen LogP contribution in [-0.4, -0.2) is 48.6 Å². The summed E-state index contributed by atoms with van der Waals surface area (Å²) in [6.07, 6.45) is 3.62. The Hall–Kier alpha value is -4.12. The Labute approximate surface area is 191 Å². The second-order valence-electron chi connectivity index (χ2n) is 7.67. The Kier molecular flexibility index (Phi) is 6.69. The van der Waals surface area contributed by atoms with Crippen molar-refractivity contribution in [3.05, 3.63) is 77.1 Å². The predicted octanol–water partition coefficient (Wildman–Crippen LogP) is 3.89. The molecular weight excluding hydrogens is 423 g/mol. The van der Waals surface area contributed by atoms with Gasteiger partial charge in [0.1, 0.15) is 17.6 Å². The van der Waals surface area contributed by atoms with Crippen LogP contribution < -0.4 is 9.64 Å². The molecule has 2 aromatic carbocycles. The molecule has 7 nitrogen and oxygen atoms in total. The predicted molar refractivity (Wildman–Crippen MR) is 122 cm³/mol. The van der Waals surface area contributed by atoms with E-state index in [1.165, 1.54) is 29.8 Å². The number of carbonyl (C=O) groups excluding carboxylic acids is 1. The summed E-state index contributed by atoms with van der Waals surface area (Å²) >= 11 is 0. The Morgan fingerprint density at radius 3 is 2.48 bits per heavy atom. The van der Waals surface area contributed by atoms with Crippen LogP contribution >= 0.6 is 0 Å². The Morgan fingerprint density at radius 1 is 1.12 bits per heavy atom. The van der Waals surface area contributed by atoms with Gasteiger partial charge in [-0.3, -0.25) is 4.79 Å². The minimum Gasteiger partial charge on any atom is -0.484 e. The zero-order chi connectivity index (χ0) is 23.2. The molecule has 1 amide bonds. The summed E-state index contributed by atoms with van der Waals surface area (Å²) in [5.41, 5.74) is 2.41.